The van der Waals surface area contributed by atoms with Crippen LogP contribution in [0.4, 0.5) is 0 Å². The molecular formula is C6H9NO2S. The fraction of sp³-hybridized carbons (Fsp3) is 0.833. The van der Waals surface area contributed by atoms with Crippen molar-refractivity contribution in [3.8, 4) is 0 Å². The van der Waals surface area contributed by atoms with Crippen LogP contribution in [-0.4, -0.2) is 26.0 Å². The first-order valence-corrected chi connectivity index (χ1v) is 4.93. The number of hydrogen-bond acceptors (Lipinski definition) is 2. The van der Waals surface area contributed by atoms with Gasteiger partial charge in [0.25, 0.3) is 0 Å². The summed E-state index contributed by atoms with van der Waals surface area (Å²) in [5.41, 5.74) is 0. The molecule has 56 valence electrons. The molecule has 3 nitrogen and oxygen atoms in total. The summed E-state index contributed by atoms with van der Waals surface area (Å²) in [5.74, 6) is 0.285. The van der Waals surface area contributed by atoms with Crippen molar-refractivity contribution in [3.05, 3.63) is 11.4 Å². The molecule has 0 aromatic rings. The van der Waals surface area contributed by atoms with Gasteiger partial charge in [0, 0.05) is 0 Å². The molecule has 0 bridgehead atoms. The van der Waals surface area contributed by atoms with Crippen LogP contribution < -0.4 is 0 Å². The molecule has 4 heteroatoms. The first-order chi connectivity index (χ1) is 4.67. The van der Waals surface area contributed by atoms with Crippen molar-refractivity contribution in [2.24, 2.45) is 0 Å². The quantitative estimate of drug-likeness (QED) is 0.522. The zero-order chi connectivity index (χ0) is 7.61. The highest BCUT2D eigenvalue weighted by Crippen LogP contribution is 2.19. The summed E-state index contributed by atoms with van der Waals surface area (Å²) < 4.78 is 22.0. The molecule has 0 saturated carbocycles. The average molecular weight is 159 g/mol. The molecule has 0 spiro atoms. The number of sulfone groups is 1. The highest BCUT2D eigenvalue weighted by atomic mass is 32.2. The van der Waals surface area contributed by atoms with Crippen molar-refractivity contribution in [2.45, 2.75) is 18.1 Å². The van der Waals surface area contributed by atoms with Crippen molar-refractivity contribution in [2.75, 3.05) is 12.3 Å². The molecule has 0 aromatic carbocycles. The zero-order valence-corrected chi connectivity index (χ0v) is 6.39. The van der Waals surface area contributed by atoms with Gasteiger partial charge in [0.05, 0.1) is 5.75 Å². The SMILES string of the molecule is [C-]#[N+]CC1CCCS1(=O)=O. The predicted molar refractivity (Wildman–Crippen MR) is 38.3 cm³/mol. The van der Waals surface area contributed by atoms with Gasteiger partial charge in [-0.15, -0.1) is 0 Å². The molecule has 10 heavy (non-hydrogen) atoms. The molecule has 0 N–H and O–H groups in total. The summed E-state index contributed by atoms with van der Waals surface area (Å²) in [6.07, 6.45) is 1.42. The van der Waals surface area contributed by atoms with Crippen LogP contribution in [-0.2, 0) is 9.84 Å². The molecule has 0 amide bonds. The maximum absolute atomic E-state index is 11.0. The van der Waals surface area contributed by atoms with E-state index in [1.54, 1.807) is 0 Å². The monoisotopic (exact) mass is 159 g/mol. The zero-order valence-electron chi connectivity index (χ0n) is 5.58. The molecule has 1 aliphatic rings. The van der Waals surface area contributed by atoms with Crippen LogP contribution in [0.5, 0.6) is 0 Å². The Hall–Kier alpha value is -0.560. The van der Waals surface area contributed by atoms with Gasteiger partial charge in [-0.3, -0.25) is 0 Å². The van der Waals surface area contributed by atoms with Gasteiger partial charge in [0.1, 0.15) is 5.25 Å². The second-order valence-electron chi connectivity index (χ2n) is 2.47. The third kappa shape index (κ3) is 1.29. The third-order valence-electron chi connectivity index (χ3n) is 1.76. The highest BCUT2D eigenvalue weighted by molar-refractivity contribution is 7.92. The van der Waals surface area contributed by atoms with Crippen molar-refractivity contribution in [1.82, 2.24) is 0 Å². The number of hydrogen-bond donors (Lipinski definition) is 0. The van der Waals surface area contributed by atoms with Gasteiger partial charge >= 0.3 is 0 Å². The van der Waals surface area contributed by atoms with E-state index in [1.807, 2.05) is 0 Å². The van der Waals surface area contributed by atoms with Gasteiger partial charge in [0.15, 0.2) is 9.84 Å². The van der Waals surface area contributed by atoms with Crippen molar-refractivity contribution in [1.29, 1.82) is 0 Å². The van der Waals surface area contributed by atoms with Gasteiger partial charge in [-0.25, -0.2) is 15.0 Å². The summed E-state index contributed by atoms with van der Waals surface area (Å²) in [5, 5.41) is -0.356. The Bertz CT molecular complexity index is 249. The lowest BCUT2D eigenvalue weighted by atomic mass is 10.2. The maximum atomic E-state index is 11.0. The van der Waals surface area contributed by atoms with Crippen LogP contribution in [0.15, 0.2) is 0 Å². The minimum absolute atomic E-state index is 0.155. The normalized spacial score (nSPS) is 29.7. The van der Waals surface area contributed by atoms with E-state index in [9.17, 15) is 8.42 Å². The summed E-state index contributed by atoms with van der Waals surface area (Å²) in [6, 6.07) is 0. The minimum atomic E-state index is -2.86. The fourth-order valence-electron chi connectivity index (χ4n) is 1.17. The molecule has 0 aromatic heterocycles. The minimum Gasteiger partial charge on any atom is -0.316 e. The summed E-state index contributed by atoms with van der Waals surface area (Å²) in [6.45, 7) is 6.66. The van der Waals surface area contributed by atoms with Gasteiger partial charge < -0.3 is 4.85 Å². The molecular weight excluding hydrogens is 150 g/mol. The van der Waals surface area contributed by atoms with E-state index >= 15 is 0 Å². The van der Waals surface area contributed by atoms with Crippen LogP contribution in [0.1, 0.15) is 12.8 Å². The summed E-state index contributed by atoms with van der Waals surface area (Å²) in [7, 11) is -2.86. The molecule has 1 heterocycles. The first-order valence-electron chi connectivity index (χ1n) is 3.21. The lowest BCUT2D eigenvalue weighted by Gasteiger charge is -1.97. The van der Waals surface area contributed by atoms with Crippen molar-refractivity contribution in [3.63, 3.8) is 0 Å². The standard InChI is InChI=1S/C6H9NO2S/c1-7-5-6-3-2-4-10(6,8)9/h6H,2-5H2. The molecule has 0 aliphatic carbocycles. The number of nitrogens with zero attached hydrogens (tertiary/aromatic N) is 1. The largest absolute Gasteiger partial charge is 0.316 e. The maximum Gasteiger partial charge on any atom is 0.231 e. The van der Waals surface area contributed by atoms with E-state index in [4.69, 9.17) is 6.57 Å². The first kappa shape index (κ1) is 7.55. The van der Waals surface area contributed by atoms with E-state index in [1.165, 1.54) is 0 Å². The van der Waals surface area contributed by atoms with Gasteiger partial charge in [0.2, 0.25) is 6.54 Å². The van der Waals surface area contributed by atoms with E-state index < -0.39 is 9.84 Å². The van der Waals surface area contributed by atoms with Crippen LogP contribution in [0.2, 0.25) is 0 Å². The molecule has 1 atom stereocenters. The summed E-state index contributed by atoms with van der Waals surface area (Å²) >= 11 is 0. The topological polar surface area (TPSA) is 38.5 Å². The van der Waals surface area contributed by atoms with E-state index in [0.29, 0.717) is 6.42 Å². The van der Waals surface area contributed by atoms with Gasteiger partial charge in [-0.2, -0.15) is 0 Å². The lowest BCUT2D eigenvalue weighted by molar-refractivity contribution is 0.592. The average Bonchev–Trinajstić information content (AvgIpc) is 2.13. The Balaban J connectivity index is 2.72. The Morgan fingerprint density at radius 2 is 2.30 bits per heavy atom. The van der Waals surface area contributed by atoms with Crippen LogP contribution in [0.25, 0.3) is 4.85 Å². The number of rotatable bonds is 1. The van der Waals surface area contributed by atoms with Crippen LogP contribution >= 0.6 is 0 Å². The lowest BCUT2D eigenvalue weighted by Crippen LogP contribution is -2.17. The second kappa shape index (κ2) is 2.59. The third-order valence-corrected chi connectivity index (χ3v) is 4.02. The Labute approximate surface area is 60.8 Å². The Morgan fingerprint density at radius 3 is 2.70 bits per heavy atom. The fourth-order valence-corrected chi connectivity index (χ4v) is 2.89. The van der Waals surface area contributed by atoms with Crippen molar-refractivity contribution < 1.29 is 8.42 Å². The molecule has 0 radical (unpaired) electrons. The van der Waals surface area contributed by atoms with Gasteiger partial charge in [-0.1, -0.05) is 0 Å². The summed E-state index contributed by atoms with van der Waals surface area (Å²) in [4.78, 5) is 3.08. The van der Waals surface area contributed by atoms with Crippen LogP contribution in [0, 0.1) is 6.57 Å². The van der Waals surface area contributed by atoms with E-state index in [2.05, 4.69) is 4.85 Å². The van der Waals surface area contributed by atoms with Gasteiger partial charge in [-0.05, 0) is 12.8 Å². The Kier molecular flexibility index (Phi) is 1.95. The highest BCUT2D eigenvalue weighted by Gasteiger charge is 2.33. The Morgan fingerprint density at radius 1 is 1.60 bits per heavy atom. The molecule has 1 fully saturated rings. The van der Waals surface area contributed by atoms with E-state index in [0.717, 1.165) is 6.42 Å². The second-order valence-corrected chi connectivity index (χ2v) is 4.87. The molecule has 1 saturated heterocycles. The van der Waals surface area contributed by atoms with Crippen molar-refractivity contribution >= 4 is 9.84 Å². The molecule has 1 aliphatic heterocycles. The van der Waals surface area contributed by atoms with E-state index in [-0.39, 0.29) is 17.5 Å². The predicted octanol–water partition coefficient (Wildman–Crippen LogP) is 0.483. The molecule has 1 unspecified atom stereocenters. The van der Waals surface area contributed by atoms with Crippen LogP contribution in [0.3, 0.4) is 0 Å². The molecule has 1 rings (SSSR count). The smallest absolute Gasteiger partial charge is 0.231 e.